The molecule has 1 fully saturated rings. The van der Waals surface area contributed by atoms with Crippen LogP contribution in [0.1, 0.15) is 6.42 Å². The number of hydrogen-bond donors (Lipinski definition) is 2. The first kappa shape index (κ1) is 17.0. The summed E-state index contributed by atoms with van der Waals surface area (Å²) in [7, 11) is 0. The third-order valence-corrected chi connectivity index (χ3v) is 4.04. The summed E-state index contributed by atoms with van der Waals surface area (Å²) in [6.45, 7) is 1.86. The number of fused-ring (bicyclic) bond motifs is 1. The van der Waals surface area contributed by atoms with E-state index in [4.69, 9.17) is 4.74 Å². The summed E-state index contributed by atoms with van der Waals surface area (Å²) < 4.78 is 32.0. The van der Waals surface area contributed by atoms with Crippen LogP contribution in [0.2, 0.25) is 0 Å². The van der Waals surface area contributed by atoms with Crippen molar-refractivity contribution < 1.29 is 18.3 Å². The standard InChI is InChI=1S/C13H13F2N3O2S.ClH/c14-8-4-10-11(5-9(8)15)21-13(17-10)18-12(19)3-7-6-20-2-1-16-7;/h4-5,7,16H,1-3,6H2,(H,17,18,19);1H. The van der Waals surface area contributed by atoms with Gasteiger partial charge in [0.25, 0.3) is 0 Å². The van der Waals surface area contributed by atoms with E-state index in [0.29, 0.717) is 28.6 Å². The Bertz CT molecular complexity index is 638. The fourth-order valence-electron chi connectivity index (χ4n) is 2.12. The van der Waals surface area contributed by atoms with Crippen molar-refractivity contribution in [2.24, 2.45) is 0 Å². The minimum Gasteiger partial charge on any atom is -0.378 e. The maximum absolute atomic E-state index is 13.1. The number of hydrogen-bond acceptors (Lipinski definition) is 5. The number of halogens is 3. The second-order valence-corrected chi connectivity index (χ2v) is 5.76. The molecule has 2 heterocycles. The Hall–Kier alpha value is -1.35. The molecule has 0 aliphatic carbocycles. The van der Waals surface area contributed by atoms with Gasteiger partial charge in [0, 0.05) is 25.1 Å². The van der Waals surface area contributed by atoms with E-state index in [1.165, 1.54) is 0 Å². The van der Waals surface area contributed by atoms with E-state index in [-0.39, 0.29) is 30.8 Å². The normalized spacial score (nSPS) is 18.0. The second-order valence-electron chi connectivity index (χ2n) is 4.73. The third-order valence-electron chi connectivity index (χ3n) is 3.11. The third kappa shape index (κ3) is 3.89. The zero-order valence-electron chi connectivity index (χ0n) is 11.4. The molecule has 1 amide bonds. The van der Waals surface area contributed by atoms with E-state index >= 15 is 0 Å². The van der Waals surface area contributed by atoms with Crippen LogP contribution in [0.3, 0.4) is 0 Å². The first-order valence-electron chi connectivity index (χ1n) is 6.48. The lowest BCUT2D eigenvalue weighted by atomic mass is 10.2. The molecule has 0 bridgehead atoms. The molecule has 2 N–H and O–H groups in total. The number of aromatic nitrogens is 1. The minimum atomic E-state index is -0.950. The number of anilines is 1. The van der Waals surface area contributed by atoms with Gasteiger partial charge in [-0.3, -0.25) is 4.79 Å². The Labute approximate surface area is 135 Å². The van der Waals surface area contributed by atoms with Crippen LogP contribution in [0.5, 0.6) is 0 Å². The van der Waals surface area contributed by atoms with E-state index in [1.807, 2.05) is 0 Å². The van der Waals surface area contributed by atoms with Gasteiger partial charge in [-0.1, -0.05) is 11.3 Å². The molecule has 1 aromatic heterocycles. The van der Waals surface area contributed by atoms with Crippen molar-refractivity contribution in [1.82, 2.24) is 10.3 Å². The largest absolute Gasteiger partial charge is 0.378 e. The van der Waals surface area contributed by atoms with Crippen LogP contribution >= 0.6 is 23.7 Å². The van der Waals surface area contributed by atoms with Crippen LogP contribution in [0, 0.1) is 11.6 Å². The van der Waals surface area contributed by atoms with Crippen LogP contribution < -0.4 is 10.6 Å². The van der Waals surface area contributed by atoms with Crippen molar-refractivity contribution in [2.75, 3.05) is 25.1 Å². The molecular formula is C13H14ClF2N3O2S. The maximum atomic E-state index is 13.1. The second kappa shape index (κ2) is 7.28. The highest BCUT2D eigenvalue weighted by Crippen LogP contribution is 2.27. The van der Waals surface area contributed by atoms with Gasteiger partial charge in [0.2, 0.25) is 5.91 Å². The summed E-state index contributed by atoms with van der Waals surface area (Å²) >= 11 is 1.11. The minimum absolute atomic E-state index is 0. The predicted molar refractivity (Wildman–Crippen MR) is 82.6 cm³/mol. The highest BCUT2D eigenvalue weighted by Gasteiger charge is 2.18. The van der Waals surface area contributed by atoms with Crippen LogP contribution in [0.15, 0.2) is 12.1 Å². The van der Waals surface area contributed by atoms with Crippen LogP contribution in [-0.2, 0) is 9.53 Å². The average molecular weight is 350 g/mol. The Morgan fingerprint density at radius 1 is 1.45 bits per heavy atom. The van der Waals surface area contributed by atoms with Gasteiger partial charge in [0.15, 0.2) is 16.8 Å². The van der Waals surface area contributed by atoms with Gasteiger partial charge in [-0.15, -0.1) is 12.4 Å². The van der Waals surface area contributed by atoms with Crippen molar-refractivity contribution in [2.45, 2.75) is 12.5 Å². The van der Waals surface area contributed by atoms with Gasteiger partial charge in [-0.05, 0) is 6.07 Å². The number of nitrogens with one attached hydrogen (secondary N) is 2. The number of nitrogens with zero attached hydrogens (tertiary/aromatic N) is 1. The summed E-state index contributed by atoms with van der Waals surface area (Å²) in [6, 6.07) is 2.07. The fraction of sp³-hybridized carbons (Fsp3) is 0.385. The molecular weight excluding hydrogens is 336 g/mol. The van der Waals surface area contributed by atoms with E-state index in [2.05, 4.69) is 15.6 Å². The Kier molecular flexibility index (Phi) is 5.63. The molecule has 1 aliphatic heterocycles. The first-order chi connectivity index (χ1) is 10.1. The van der Waals surface area contributed by atoms with Gasteiger partial charge in [0.05, 0.1) is 23.4 Å². The van der Waals surface area contributed by atoms with Crippen molar-refractivity contribution in [3.63, 3.8) is 0 Å². The van der Waals surface area contributed by atoms with Crippen molar-refractivity contribution in [3.8, 4) is 0 Å². The molecule has 22 heavy (non-hydrogen) atoms. The highest BCUT2D eigenvalue weighted by molar-refractivity contribution is 7.22. The smallest absolute Gasteiger partial charge is 0.227 e. The summed E-state index contributed by atoms with van der Waals surface area (Å²) in [6.07, 6.45) is 0.263. The van der Waals surface area contributed by atoms with Gasteiger partial charge in [-0.25, -0.2) is 13.8 Å². The summed E-state index contributed by atoms with van der Waals surface area (Å²) in [5, 5.41) is 6.15. The predicted octanol–water partition coefficient (Wildman–Crippen LogP) is 2.31. The topological polar surface area (TPSA) is 63.2 Å². The van der Waals surface area contributed by atoms with Crippen LogP contribution in [-0.4, -0.2) is 36.7 Å². The molecule has 1 aliphatic rings. The maximum Gasteiger partial charge on any atom is 0.227 e. The Morgan fingerprint density at radius 2 is 2.23 bits per heavy atom. The molecule has 2 aromatic rings. The molecule has 1 aromatic carbocycles. The molecule has 1 unspecified atom stereocenters. The van der Waals surface area contributed by atoms with E-state index in [0.717, 1.165) is 30.0 Å². The first-order valence-corrected chi connectivity index (χ1v) is 7.30. The lowest BCUT2D eigenvalue weighted by molar-refractivity contribution is -0.117. The van der Waals surface area contributed by atoms with Gasteiger partial charge in [-0.2, -0.15) is 0 Å². The van der Waals surface area contributed by atoms with Crippen molar-refractivity contribution in [3.05, 3.63) is 23.8 Å². The lowest BCUT2D eigenvalue weighted by Gasteiger charge is -2.22. The van der Waals surface area contributed by atoms with Gasteiger partial charge < -0.3 is 15.4 Å². The number of carbonyl (C=O) groups is 1. The van der Waals surface area contributed by atoms with Gasteiger partial charge in [0.1, 0.15) is 0 Å². The number of carbonyl (C=O) groups excluding carboxylic acids is 1. The number of amides is 1. The number of rotatable bonds is 3. The fourth-order valence-corrected chi connectivity index (χ4v) is 3.01. The van der Waals surface area contributed by atoms with E-state index < -0.39 is 11.6 Å². The lowest BCUT2D eigenvalue weighted by Crippen LogP contribution is -2.43. The molecule has 0 spiro atoms. The Balaban J connectivity index is 0.00000176. The average Bonchev–Trinajstić information content (AvgIpc) is 2.81. The number of morpholine rings is 1. The molecule has 9 heteroatoms. The quantitative estimate of drug-likeness (QED) is 0.892. The molecule has 0 radical (unpaired) electrons. The number of thiazole rings is 1. The molecule has 1 atom stereocenters. The Morgan fingerprint density at radius 3 is 2.95 bits per heavy atom. The van der Waals surface area contributed by atoms with Crippen LogP contribution in [0.4, 0.5) is 13.9 Å². The van der Waals surface area contributed by atoms with Crippen molar-refractivity contribution in [1.29, 1.82) is 0 Å². The molecule has 3 rings (SSSR count). The monoisotopic (exact) mass is 349 g/mol. The molecule has 120 valence electrons. The van der Waals surface area contributed by atoms with Crippen molar-refractivity contribution >= 4 is 45.0 Å². The summed E-state index contributed by atoms with van der Waals surface area (Å²) in [4.78, 5) is 16.0. The van der Waals surface area contributed by atoms with Gasteiger partial charge >= 0.3 is 0 Å². The molecule has 5 nitrogen and oxygen atoms in total. The zero-order chi connectivity index (χ0) is 14.8. The SMILES string of the molecule is Cl.O=C(CC1COCCN1)Nc1nc2cc(F)c(F)cc2s1. The summed E-state index contributed by atoms with van der Waals surface area (Å²) in [5.41, 5.74) is 0.327. The number of benzene rings is 1. The zero-order valence-corrected chi connectivity index (χ0v) is 13.0. The number of ether oxygens (including phenoxy) is 1. The van der Waals surface area contributed by atoms with Crippen LogP contribution in [0.25, 0.3) is 10.2 Å². The highest BCUT2D eigenvalue weighted by atomic mass is 35.5. The summed E-state index contributed by atoms with van der Waals surface area (Å²) in [5.74, 6) is -2.08. The van der Waals surface area contributed by atoms with E-state index in [9.17, 15) is 13.6 Å². The molecule has 1 saturated heterocycles. The van der Waals surface area contributed by atoms with E-state index in [1.54, 1.807) is 0 Å². The molecule has 0 saturated carbocycles.